The molecule has 2 aromatic carbocycles. The van der Waals surface area contributed by atoms with Crippen LogP contribution >= 0.6 is 0 Å². The zero-order valence-corrected chi connectivity index (χ0v) is 12.3. The summed E-state index contributed by atoms with van der Waals surface area (Å²) >= 11 is 0. The van der Waals surface area contributed by atoms with Gasteiger partial charge in [-0.1, -0.05) is 30.3 Å². The van der Waals surface area contributed by atoms with Gasteiger partial charge in [0, 0.05) is 11.7 Å². The molecule has 0 heterocycles. The third kappa shape index (κ3) is 3.57. The minimum Gasteiger partial charge on any atom is -0.378 e. The number of hydrogen-bond acceptors (Lipinski definition) is 1. The first-order valence-electron chi connectivity index (χ1n) is 6.79. The topological polar surface area (TPSA) is 12.0 Å². The lowest BCUT2D eigenvalue weighted by Crippen LogP contribution is -2.11. The van der Waals surface area contributed by atoms with Gasteiger partial charge in [-0.3, -0.25) is 0 Å². The molecule has 0 aliphatic heterocycles. The molecule has 0 spiro atoms. The maximum atomic E-state index is 12.8. The Kier molecular flexibility index (Phi) is 4.26. The standard InChI is InChI=1S/C17H18F3N/c1-11-6-4-5-7-15(11)13(3)21-16-10-14(17(18,19)20)9-8-12(16)2/h4-10,13,21H,1-3H3. The minimum absolute atomic E-state index is 0.0617. The van der Waals surface area contributed by atoms with Crippen LogP contribution in [0.25, 0.3) is 0 Å². The summed E-state index contributed by atoms with van der Waals surface area (Å²) in [5.41, 5.74) is 2.87. The summed E-state index contributed by atoms with van der Waals surface area (Å²) in [7, 11) is 0. The molecule has 1 atom stereocenters. The molecule has 21 heavy (non-hydrogen) atoms. The van der Waals surface area contributed by atoms with Crippen LogP contribution in [0.3, 0.4) is 0 Å². The second-order valence-electron chi connectivity index (χ2n) is 5.25. The van der Waals surface area contributed by atoms with Crippen molar-refractivity contribution in [3.05, 3.63) is 64.7 Å². The highest BCUT2D eigenvalue weighted by Crippen LogP contribution is 2.33. The van der Waals surface area contributed by atoms with Crippen LogP contribution in [0.1, 0.15) is 35.2 Å². The molecule has 2 rings (SSSR count). The van der Waals surface area contributed by atoms with Gasteiger partial charge >= 0.3 is 6.18 Å². The Hall–Kier alpha value is -1.97. The summed E-state index contributed by atoms with van der Waals surface area (Å²) in [6.45, 7) is 5.74. The summed E-state index contributed by atoms with van der Waals surface area (Å²) in [6.07, 6.45) is -4.32. The van der Waals surface area contributed by atoms with Gasteiger partial charge in [0.15, 0.2) is 0 Å². The average Bonchev–Trinajstić information content (AvgIpc) is 2.40. The van der Waals surface area contributed by atoms with Crippen molar-refractivity contribution in [1.82, 2.24) is 0 Å². The molecule has 0 saturated heterocycles. The lowest BCUT2D eigenvalue weighted by Gasteiger charge is -2.20. The Labute approximate surface area is 122 Å². The number of rotatable bonds is 3. The predicted molar refractivity (Wildman–Crippen MR) is 79.4 cm³/mol. The number of nitrogens with one attached hydrogen (secondary N) is 1. The first-order valence-corrected chi connectivity index (χ1v) is 6.79. The second-order valence-corrected chi connectivity index (χ2v) is 5.25. The Bertz CT molecular complexity index is 632. The van der Waals surface area contributed by atoms with Gasteiger partial charge < -0.3 is 5.32 Å². The fourth-order valence-corrected chi connectivity index (χ4v) is 2.34. The molecule has 1 unspecified atom stereocenters. The van der Waals surface area contributed by atoms with E-state index in [4.69, 9.17) is 0 Å². The van der Waals surface area contributed by atoms with E-state index in [1.165, 1.54) is 12.1 Å². The Morgan fingerprint density at radius 3 is 2.24 bits per heavy atom. The lowest BCUT2D eigenvalue weighted by atomic mass is 10.0. The van der Waals surface area contributed by atoms with E-state index in [1.54, 1.807) is 6.92 Å². The molecule has 0 fully saturated rings. The first-order chi connectivity index (χ1) is 9.79. The normalized spacial score (nSPS) is 13.0. The van der Waals surface area contributed by atoms with Crippen molar-refractivity contribution in [2.75, 3.05) is 5.32 Å². The van der Waals surface area contributed by atoms with Crippen LogP contribution in [-0.4, -0.2) is 0 Å². The zero-order chi connectivity index (χ0) is 15.6. The molecule has 0 saturated carbocycles. The largest absolute Gasteiger partial charge is 0.416 e. The van der Waals surface area contributed by atoms with Gasteiger partial charge in [-0.15, -0.1) is 0 Å². The highest BCUT2D eigenvalue weighted by Gasteiger charge is 2.30. The quantitative estimate of drug-likeness (QED) is 0.788. The third-order valence-electron chi connectivity index (χ3n) is 3.59. The maximum Gasteiger partial charge on any atom is 0.416 e. The van der Waals surface area contributed by atoms with Gasteiger partial charge in [-0.25, -0.2) is 0 Å². The minimum atomic E-state index is -4.32. The molecule has 0 aliphatic rings. The van der Waals surface area contributed by atoms with E-state index < -0.39 is 11.7 Å². The van der Waals surface area contributed by atoms with Crippen molar-refractivity contribution in [2.45, 2.75) is 33.0 Å². The zero-order valence-electron chi connectivity index (χ0n) is 12.3. The number of hydrogen-bond donors (Lipinski definition) is 1. The van der Waals surface area contributed by atoms with E-state index in [1.807, 2.05) is 38.1 Å². The molecule has 4 heteroatoms. The predicted octanol–water partition coefficient (Wildman–Crippen LogP) is 5.50. The van der Waals surface area contributed by atoms with E-state index in [0.29, 0.717) is 5.69 Å². The van der Waals surface area contributed by atoms with Crippen LogP contribution in [0.15, 0.2) is 42.5 Å². The number of halogens is 3. The highest BCUT2D eigenvalue weighted by molar-refractivity contribution is 5.55. The molecule has 1 N–H and O–H groups in total. The Morgan fingerprint density at radius 2 is 1.62 bits per heavy atom. The van der Waals surface area contributed by atoms with Gasteiger partial charge in [0.05, 0.1) is 5.56 Å². The van der Waals surface area contributed by atoms with E-state index >= 15 is 0 Å². The van der Waals surface area contributed by atoms with Gasteiger partial charge in [-0.05, 0) is 49.6 Å². The first kappa shape index (κ1) is 15.4. The average molecular weight is 293 g/mol. The van der Waals surface area contributed by atoms with Crippen molar-refractivity contribution in [3.63, 3.8) is 0 Å². The molecule has 0 radical (unpaired) electrons. The Balaban J connectivity index is 2.29. The molecule has 0 aliphatic carbocycles. The van der Waals surface area contributed by atoms with Gasteiger partial charge in [0.25, 0.3) is 0 Å². The molecule has 0 aromatic heterocycles. The monoisotopic (exact) mass is 293 g/mol. The van der Waals surface area contributed by atoms with Crippen molar-refractivity contribution in [1.29, 1.82) is 0 Å². The number of alkyl halides is 3. The number of benzene rings is 2. The maximum absolute atomic E-state index is 12.8. The number of aryl methyl sites for hydroxylation is 2. The fourth-order valence-electron chi connectivity index (χ4n) is 2.34. The highest BCUT2D eigenvalue weighted by atomic mass is 19.4. The van der Waals surface area contributed by atoms with E-state index in [-0.39, 0.29) is 6.04 Å². The molecule has 0 bridgehead atoms. The van der Waals surface area contributed by atoms with Crippen LogP contribution in [0.2, 0.25) is 0 Å². The second kappa shape index (κ2) is 5.80. The molecule has 112 valence electrons. The summed E-state index contributed by atoms with van der Waals surface area (Å²) in [4.78, 5) is 0. The lowest BCUT2D eigenvalue weighted by molar-refractivity contribution is -0.137. The fraction of sp³-hybridized carbons (Fsp3) is 0.294. The van der Waals surface area contributed by atoms with Crippen LogP contribution in [0.5, 0.6) is 0 Å². The smallest absolute Gasteiger partial charge is 0.378 e. The van der Waals surface area contributed by atoms with Crippen molar-refractivity contribution >= 4 is 5.69 Å². The molecular weight excluding hydrogens is 275 g/mol. The van der Waals surface area contributed by atoms with Gasteiger partial charge in [0.2, 0.25) is 0 Å². The van der Waals surface area contributed by atoms with Crippen LogP contribution in [-0.2, 0) is 6.18 Å². The SMILES string of the molecule is Cc1ccc(C(F)(F)F)cc1NC(C)c1ccccc1C. The van der Waals surface area contributed by atoms with E-state index in [2.05, 4.69) is 5.32 Å². The summed E-state index contributed by atoms with van der Waals surface area (Å²) in [5, 5.41) is 3.18. The van der Waals surface area contributed by atoms with Gasteiger partial charge in [-0.2, -0.15) is 13.2 Å². The van der Waals surface area contributed by atoms with E-state index in [9.17, 15) is 13.2 Å². The van der Waals surface area contributed by atoms with Crippen LogP contribution < -0.4 is 5.32 Å². The van der Waals surface area contributed by atoms with Crippen LogP contribution in [0.4, 0.5) is 18.9 Å². The van der Waals surface area contributed by atoms with Crippen molar-refractivity contribution < 1.29 is 13.2 Å². The van der Waals surface area contributed by atoms with E-state index in [0.717, 1.165) is 22.8 Å². The molecular formula is C17H18F3N. The van der Waals surface area contributed by atoms with Crippen molar-refractivity contribution in [3.8, 4) is 0 Å². The molecule has 1 nitrogen and oxygen atoms in total. The summed E-state index contributed by atoms with van der Waals surface area (Å²) in [5.74, 6) is 0. The van der Waals surface area contributed by atoms with Gasteiger partial charge in [0.1, 0.15) is 0 Å². The summed E-state index contributed by atoms with van der Waals surface area (Å²) in [6, 6.07) is 11.6. The van der Waals surface area contributed by atoms with Crippen molar-refractivity contribution in [2.24, 2.45) is 0 Å². The number of anilines is 1. The molecule has 2 aromatic rings. The Morgan fingerprint density at radius 1 is 0.952 bits per heavy atom. The van der Waals surface area contributed by atoms with Crippen LogP contribution in [0, 0.1) is 13.8 Å². The molecule has 0 amide bonds. The third-order valence-corrected chi connectivity index (χ3v) is 3.59. The summed E-state index contributed by atoms with van der Waals surface area (Å²) < 4.78 is 38.4.